The number of rotatable bonds is 10. The normalized spacial score (nSPS) is 10.1. The summed E-state index contributed by atoms with van der Waals surface area (Å²) in [5.41, 5.74) is 5.39. The predicted octanol–water partition coefficient (Wildman–Crippen LogP) is 12.9. The highest BCUT2D eigenvalue weighted by Crippen LogP contribution is 2.30. The molecule has 1 heterocycles. The standard InChI is InChI=1S/C18H18F3NO.C9H15N.C7H12N2O.2C3H8.C2H6/c1-3-5-13-8-9-14(10-12(13)2)17(23)22-16-7-4-6-15(11-16)18(19,20)21;1-5-9(6-2)7-10-8(3)4;1-7-5-8-9(6-7)3-4-10-2;2*1-3-2;1-2/h4,6-11H,3,5H2,1-2H3,(H,22,23);5,7H,1,6H2,2-4H3;5-6H,3-4H2,1-2H3;2*3H2,1-2H3;1-2H3/b;9-7+;;;;. The van der Waals surface area contributed by atoms with E-state index < -0.39 is 17.6 Å². The number of carbonyl (C=O) groups is 1. The van der Waals surface area contributed by atoms with Crippen molar-refractivity contribution in [3.8, 4) is 0 Å². The molecule has 51 heavy (non-hydrogen) atoms. The average Bonchev–Trinajstić information content (AvgIpc) is 3.52. The van der Waals surface area contributed by atoms with Gasteiger partial charge >= 0.3 is 6.18 Å². The maximum absolute atomic E-state index is 12.7. The van der Waals surface area contributed by atoms with Crippen LogP contribution in [-0.2, 0) is 23.9 Å². The summed E-state index contributed by atoms with van der Waals surface area (Å²) in [7, 11) is 1.69. The number of hydrogen-bond donors (Lipinski definition) is 1. The first-order valence-electron chi connectivity index (χ1n) is 18.1. The topological polar surface area (TPSA) is 68.5 Å². The van der Waals surface area contributed by atoms with Crippen LogP contribution in [0.15, 0.2) is 84.3 Å². The van der Waals surface area contributed by atoms with Crippen LogP contribution >= 0.6 is 0 Å². The van der Waals surface area contributed by atoms with E-state index in [0.29, 0.717) is 5.56 Å². The van der Waals surface area contributed by atoms with Gasteiger partial charge < -0.3 is 10.1 Å². The van der Waals surface area contributed by atoms with Crippen molar-refractivity contribution in [2.45, 2.75) is 128 Å². The summed E-state index contributed by atoms with van der Waals surface area (Å²) in [6.45, 7) is 29.8. The maximum Gasteiger partial charge on any atom is 0.416 e. The molecule has 0 atom stereocenters. The van der Waals surface area contributed by atoms with Gasteiger partial charge in [0.15, 0.2) is 0 Å². The first kappa shape index (κ1) is 51.4. The van der Waals surface area contributed by atoms with E-state index in [0.717, 1.165) is 55.8 Å². The molecule has 288 valence electrons. The molecule has 3 rings (SSSR count). The number of aromatic nitrogens is 2. The molecule has 0 aliphatic rings. The number of benzene rings is 2. The quantitative estimate of drug-likeness (QED) is 0.168. The number of nitrogens with zero attached hydrogens (tertiary/aromatic N) is 3. The molecule has 2 aromatic carbocycles. The molecule has 0 unspecified atom stereocenters. The molecule has 0 saturated heterocycles. The molecule has 1 amide bonds. The second-order valence-corrected chi connectivity index (χ2v) is 11.4. The fourth-order valence-corrected chi connectivity index (χ4v) is 3.64. The number of allylic oxidation sites excluding steroid dienone is 2. The van der Waals surface area contributed by atoms with Gasteiger partial charge in [-0.2, -0.15) is 18.3 Å². The molecule has 0 spiro atoms. The number of aliphatic imine (C=N–C) groups is 1. The largest absolute Gasteiger partial charge is 0.416 e. The Bertz CT molecular complexity index is 1390. The monoisotopic (exact) mass is 717 g/mol. The highest BCUT2D eigenvalue weighted by atomic mass is 19.4. The second kappa shape index (κ2) is 32.0. The Balaban J connectivity index is -0.000000684. The van der Waals surface area contributed by atoms with Gasteiger partial charge in [-0.25, -0.2) is 0 Å². The summed E-state index contributed by atoms with van der Waals surface area (Å²) in [5, 5.41) is 6.60. The number of ether oxygens (including phenoxy) is 1. The van der Waals surface area contributed by atoms with Crippen molar-refractivity contribution < 1.29 is 22.7 Å². The molecule has 1 N–H and O–H groups in total. The Hall–Kier alpha value is -3.98. The molecule has 0 bridgehead atoms. The highest BCUT2D eigenvalue weighted by Gasteiger charge is 2.30. The molecule has 0 aliphatic carbocycles. The van der Waals surface area contributed by atoms with Crippen molar-refractivity contribution in [1.82, 2.24) is 9.78 Å². The molecule has 3 aromatic rings. The molecular weight excluding hydrogens is 649 g/mol. The van der Waals surface area contributed by atoms with Crippen LogP contribution in [0.25, 0.3) is 0 Å². The van der Waals surface area contributed by atoms with Crippen molar-refractivity contribution in [1.29, 1.82) is 0 Å². The van der Waals surface area contributed by atoms with Crippen LogP contribution in [0.1, 0.15) is 128 Å². The van der Waals surface area contributed by atoms with E-state index in [-0.39, 0.29) is 5.69 Å². The summed E-state index contributed by atoms with van der Waals surface area (Å²) in [5.74, 6) is -0.421. The number of hydrogen-bond acceptors (Lipinski definition) is 4. The minimum Gasteiger partial charge on any atom is -0.383 e. The zero-order valence-electron chi connectivity index (χ0n) is 33.8. The fourth-order valence-electron chi connectivity index (χ4n) is 3.64. The van der Waals surface area contributed by atoms with Gasteiger partial charge in [0.25, 0.3) is 5.91 Å². The number of carbonyl (C=O) groups excluding carboxylic acids is 1. The summed E-state index contributed by atoms with van der Waals surface area (Å²) in [6.07, 6.45) is 8.56. The van der Waals surface area contributed by atoms with Gasteiger partial charge in [0, 0.05) is 36.5 Å². The summed E-state index contributed by atoms with van der Waals surface area (Å²) in [4.78, 5) is 16.4. The van der Waals surface area contributed by atoms with E-state index >= 15 is 0 Å². The van der Waals surface area contributed by atoms with Gasteiger partial charge in [-0.3, -0.25) is 14.5 Å². The Labute approximate surface area is 308 Å². The maximum atomic E-state index is 12.7. The van der Waals surface area contributed by atoms with E-state index in [9.17, 15) is 18.0 Å². The lowest BCUT2D eigenvalue weighted by Gasteiger charge is -2.11. The first-order chi connectivity index (χ1) is 24.2. The lowest BCUT2D eigenvalue weighted by Crippen LogP contribution is -2.13. The van der Waals surface area contributed by atoms with Crippen molar-refractivity contribution in [2.24, 2.45) is 4.99 Å². The number of halogens is 3. The molecule has 1 aromatic heterocycles. The summed E-state index contributed by atoms with van der Waals surface area (Å²) in [6, 6.07) is 9.95. The van der Waals surface area contributed by atoms with Gasteiger partial charge in [0.1, 0.15) is 0 Å². The van der Waals surface area contributed by atoms with Crippen LogP contribution in [0.3, 0.4) is 0 Å². The Morgan fingerprint density at radius 3 is 2.04 bits per heavy atom. The Kier molecular flexibility index (Phi) is 32.2. The third kappa shape index (κ3) is 26.5. The lowest BCUT2D eigenvalue weighted by atomic mass is 10.0. The van der Waals surface area contributed by atoms with Gasteiger partial charge in [-0.1, -0.05) is 99.4 Å². The van der Waals surface area contributed by atoms with Crippen molar-refractivity contribution in [3.63, 3.8) is 0 Å². The van der Waals surface area contributed by atoms with Gasteiger partial charge in [-0.05, 0) is 93.1 Å². The zero-order valence-corrected chi connectivity index (χ0v) is 33.8. The summed E-state index contributed by atoms with van der Waals surface area (Å²) >= 11 is 0. The van der Waals surface area contributed by atoms with Crippen LogP contribution < -0.4 is 5.32 Å². The fraction of sp³-hybridized carbons (Fsp3) is 0.500. The summed E-state index contributed by atoms with van der Waals surface area (Å²) < 4.78 is 44.8. The Morgan fingerprint density at radius 2 is 1.61 bits per heavy atom. The smallest absolute Gasteiger partial charge is 0.383 e. The number of nitrogens with one attached hydrogen (secondary N) is 1. The van der Waals surface area contributed by atoms with E-state index in [4.69, 9.17) is 4.74 Å². The minimum absolute atomic E-state index is 0.125. The number of alkyl halides is 3. The van der Waals surface area contributed by atoms with Crippen molar-refractivity contribution in [3.05, 3.63) is 107 Å². The third-order valence-corrected chi connectivity index (χ3v) is 6.02. The highest BCUT2D eigenvalue weighted by molar-refractivity contribution is 6.04. The predicted molar refractivity (Wildman–Crippen MR) is 214 cm³/mol. The van der Waals surface area contributed by atoms with Crippen molar-refractivity contribution >= 4 is 17.3 Å². The van der Waals surface area contributed by atoms with E-state index in [1.54, 1.807) is 19.2 Å². The second-order valence-electron chi connectivity index (χ2n) is 11.4. The molecular formula is C42H67F3N4O2. The van der Waals surface area contributed by atoms with E-state index in [1.807, 2.05) is 77.0 Å². The van der Waals surface area contributed by atoms with E-state index in [1.165, 1.54) is 41.7 Å². The van der Waals surface area contributed by atoms with Crippen LogP contribution in [0, 0.1) is 13.8 Å². The van der Waals surface area contributed by atoms with Crippen LogP contribution in [-0.4, -0.2) is 35.1 Å². The van der Waals surface area contributed by atoms with Crippen LogP contribution in [0.5, 0.6) is 0 Å². The number of aryl methyl sites for hydroxylation is 3. The minimum atomic E-state index is -4.43. The third-order valence-electron chi connectivity index (χ3n) is 6.02. The molecule has 0 radical (unpaired) electrons. The molecule has 0 aliphatic heterocycles. The SMILES string of the molecule is C=C/C(=C\N=C(C)C)CC.CC.CCC.CCC.CCCc1ccc(C(=O)Nc2cccc(C(F)(F)F)c2)cc1C.COCCn1cc(C)cn1. The average molecular weight is 717 g/mol. The molecule has 9 heteroatoms. The van der Waals surface area contributed by atoms with Gasteiger partial charge in [0.05, 0.1) is 24.9 Å². The number of anilines is 1. The Morgan fingerprint density at radius 1 is 1.00 bits per heavy atom. The number of methoxy groups -OCH3 is 1. The first-order valence-corrected chi connectivity index (χ1v) is 18.1. The van der Waals surface area contributed by atoms with Crippen LogP contribution in [0.4, 0.5) is 18.9 Å². The van der Waals surface area contributed by atoms with Gasteiger partial charge in [-0.15, -0.1) is 0 Å². The lowest BCUT2D eigenvalue weighted by molar-refractivity contribution is -0.137. The van der Waals surface area contributed by atoms with E-state index in [2.05, 4.69) is 63.5 Å². The molecule has 0 fully saturated rings. The van der Waals surface area contributed by atoms with Gasteiger partial charge in [0.2, 0.25) is 0 Å². The van der Waals surface area contributed by atoms with Crippen molar-refractivity contribution in [2.75, 3.05) is 19.0 Å². The number of amides is 1. The zero-order chi connectivity index (χ0) is 39.8. The van der Waals surface area contributed by atoms with Crippen LogP contribution in [0.2, 0.25) is 0 Å². The molecule has 0 saturated carbocycles. The molecule has 6 nitrogen and oxygen atoms in total.